The Labute approximate surface area is 164 Å². The minimum absolute atomic E-state index is 0.00226. The minimum atomic E-state index is -4.48. The molecule has 3 aromatic heterocycles. The van der Waals surface area contributed by atoms with Crippen LogP contribution in [0.2, 0.25) is 0 Å². The lowest BCUT2D eigenvalue weighted by Gasteiger charge is -2.32. The number of rotatable bonds is 3. The van der Waals surface area contributed by atoms with Gasteiger partial charge in [0.2, 0.25) is 5.88 Å². The summed E-state index contributed by atoms with van der Waals surface area (Å²) in [5.74, 6) is 0.308. The van der Waals surface area contributed by atoms with Crippen LogP contribution in [0.25, 0.3) is 11.0 Å². The summed E-state index contributed by atoms with van der Waals surface area (Å²) in [7, 11) is 1.51. The number of hydrogen-bond acceptors (Lipinski definition) is 4. The molecule has 1 unspecified atom stereocenters. The number of carbonyl (C=O) groups is 1. The van der Waals surface area contributed by atoms with Crippen molar-refractivity contribution >= 4 is 16.9 Å². The molecule has 1 aliphatic rings. The maximum atomic E-state index is 12.9. The van der Waals surface area contributed by atoms with Crippen LogP contribution in [0.15, 0.2) is 36.5 Å². The second kappa shape index (κ2) is 7.38. The van der Waals surface area contributed by atoms with Crippen molar-refractivity contribution in [1.29, 1.82) is 0 Å². The van der Waals surface area contributed by atoms with Crippen LogP contribution < -0.4 is 4.74 Å². The molecule has 1 amide bonds. The van der Waals surface area contributed by atoms with Crippen LogP contribution >= 0.6 is 0 Å². The van der Waals surface area contributed by atoms with E-state index in [0.717, 1.165) is 24.6 Å². The summed E-state index contributed by atoms with van der Waals surface area (Å²) in [4.78, 5) is 25.5. The summed E-state index contributed by atoms with van der Waals surface area (Å²) in [6.07, 6.45) is -1.36. The summed E-state index contributed by atoms with van der Waals surface area (Å²) in [5.41, 5.74) is 1.17. The molecule has 1 atom stereocenters. The van der Waals surface area contributed by atoms with Gasteiger partial charge in [-0.15, -0.1) is 0 Å². The van der Waals surface area contributed by atoms with E-state index < -0.39 is 11.9 Å². The van der Waals surface area contributed by atoms with Gasteiger partial charge in [0.05, 0.1) is 23.7 Å². The van der Waals surface area contributed by atoms with Crippen molar-refractivity contribution in [2.45, 2.75) is 24.9 Å². The lowest BCUT2D eigenvalue weighted by atomic mass is 9.94. The molecule has 9 heteroatoms. The molecule has 1 aliphatic heterocycles. The predicted molar refractivity (Wildman–Crippen MR) is 99.8 cm³/mol. The van der Waals surface area contributed by atoms with Gasteiger partial charge in [-0.3, -0.25) is 4.79 Å². The van der Waals surface area contributed by atoms with Crippen LogP contribution in [0.5, 0.6) is 5.88 Å². The topological polar surface area (TPSA) is 71.1 Å². The van der Waals surface area contributed by atoms with Crippen molar-refractivity contribution in [3.63, 3.8) is 0 Å². The number of aromatic nitrogens is 3. The van der Waals surface area contributed by atoms with Gasteiger partial charge >= 0.3 is 6.18 Å². The van der Waals surface area contributed by atoms with Crippen molar-refractivity contribution in [2.24, 2.45) is 0 Å². The molecule has 1 N–H and O–H groups in total. The van der Waals surface area contributed by atoms with Crippen LogP contribution in [0.1, 0.15) is 40.5 Å². The first-order valence-electron chi connectivity index (χ1n) is 9.21. The first-order valence-corrected chi connectivity index (χ1v) is 9.21. The van der Waals surface area contributed by atoms with E-state index in [0.29, 0.717) is 30.0 Å². The number of nitrogens with zero attached hydrogens (tertiary/aromatic N) is 3. The van der Waals surface area contributed by atoms with E-state index in [1.54, 1.807) is 23.1 Å². The molecule has 6 nitrogen and oxygen atoms in total. The van der Waals surface area contributed by atoms with E-state index in [-0.39, 0.29) is 17.3 Å². The average molecular weight is 404 g/mol. The molecule has 29 heavy (non-hydrogen) atoms. The van der Waals surface area contributed by atoms with Crippen LogP contribution in [0, 0.1) is 0 Å². The number of pyridine rings is 2. The second-order valence-corrected chi connectivity index (χ2v) is 7.03. The zero-order valence-corrected chi connectivity index (χ0v) is 15.7. The van der Waals surface area contributed by atoms with Crippen molar-refractivity contribution < 1.29 is 22.7 Å². The fraction of sp³-hybridized carbons (Fsp3) is 0.350. The number of carbonyl (C=O) groups excluding carboxylic acids is 1. The molecule has 0 saturated carbocycles. The number of H-pyrrole nitrogens is 1. The highest BCUT2D eigenvalue weighted by atomic mass is 19.4. The number of fused-ring (bicyclic) bond motifs is 1. The van der Waals surface area contributed by atoms with E-state index in [1.807, 2.05) is 0 Å². The van der Waals surface area contributed by atoms with Crippen molar-refractivity contribution in [3.05, 3.63) is 53.5 Å². The van der Waals surface area contributed by atoms with Crippen molar-refractivity contribution in [1.82, 2.24) is 19.9 Å². The number of nitrogens with one attached hydrogen (secondary N) is 1. The smallest absolute Gasteiger partial charge is 0.433 e. The molecule has 4 heterocycles. The van der Waals surface area contributed by atoms with Crippen LogP contribution in [0.4, 0.5) is 13.2 Å². The first kappa shape index (κ1) is 19.2. The Hall–Kier alpha value is -3.10. The molecular formula is C20H19F3N4O2. The van der Waals surface area contributed by atoms with Crippen LogP contribution in [-0.4, -0.2) is 46.0 Å². The van der Waals surface area contributed by atoms with E-state index >= 15 is 0 Å². The number of likely N-dealkylation sites (tertiary alicyclic amines) is 1. The van der Waals surface area contributed by atoms with Crippen LogP contribution in [-0.2, 0) is 6.18 Å². The Kier molecular flexibility index (Phi) is 4.89. The number of aromatic amines is 1. The molecule has 3 aromatic rings. The fourth-order valence-corrected chi connectivity index (χ4v) is 3.63. The zero-order valence-electron chi connectivity index (χ0n) is 15.7. The quantitative estimate of drug-likeness (QED) is 0.716. The summed E-state index contributed by atoms with van der Waals surface area (Å²) in [5, 5.41) is 0. The number of ether oxygens (including phenoxy) is 1. The zero-order chi connectivity index (χ0) is 20.6. The Bertz CT molecular complexity index is 1030. The Balaban J connectivity index is 1.53. The molecule has 1 saturated heterocycles. The second-order valence-electron chi connectivity index (χ2n) is 7.03. The molecule has 1 fully saturated rings. The van der Waals surface area contributed by atoms with E-state index in [9.17, 15) is 18.0 Å². The number of alkyl halides is 3. The minimum Gasteiger partial charge on any atom is -0.481 e. The summed E-state index contributed by atoms with van der Waals surface area (Å²) in [6, 6.07) is 7.32. The monoisotopic (exact) mass is 404 g/mol. The summed E-state index contributed by atoms with van der Waals surface area (Å²) in [6.45, 7) is 1.10. The van der Waals surface area contributed by atoms with Gasteiger partial charge in [-0.1, -0.05) is 0 Å². The number of piperidine rings is 1. The Morgan fingerprint density at radius 2 is 2.10 bits per heavy atom. The van der Waals surface area contributed by atoms with Gasteiger partial charge < -0.3 is 14.6 Å². The number of methoxy groups -OCH3 is 1. The molecule has 152 valence electrons. The number of halogens is 3. The summed E-state index contributed by atoms with van der Waals surface area (Å²) < 4.78 is 43.7. The number of amides is 1. The molecule has 0 aromatic carbocycles. The Morgan fingerprint density at radius 1 is 1.28 bits per heavy atom. The van der Waals surface area contributed by atoms with E-state index in [4.69, 9.17) is 4.74 Å². The standard InChI is InChI=1S/C20H19F3N4O2/c1-29-18-7-4-12(10-24-18)19(28)27-8-2-3-13(11-27)15-9-16-14(25-15)5-6-17(26-16)20(21,22)23/h4-7,9-10,13,25H,2-3,8,11H2,1H3. The third kappa shape index (κ3) is 3.90. The van der Waals surface area contributed by atoms with Gasteiger partial charge in [-0.05, 0) is 37.1 Å². The van der Waals surface area contributed by atoms with Crippen molar-refractivity contribution in [2.75, 3.05) is 20.2 Å². The maximum absolute atomic E-state index is 12.9. The SMILES string of the molecule is COc1ccc(C(=O)N2CCCC(c3cc4nc(C(F)(F)F)ccc4[nH]3)C2)cn1. The summed E-state index contributed by atoms with van der Waals surface area (Å²) >= 11 is 0. The molecule has 0 bridgehead atoms. The third-order valence-corrected chi connectivity index (χ3v) is 5.13. The van der Waals surface area contributed by atoms with Crippen LogP contribution in [0.3, 0.4) is 0 Å². The van der Waals surface area contributed by atoms with Gasteiger partial charge in [0.15, 0.2) is 0 Å². The van der Waals surface area contributed by atoms with Crippen molar-refractivity contribution in [3.8, 4) is 5.88 Å². The highest BCUT2D eigenvalue weighted by molar-refractivity contribution is 5.94. The third-order valence-electron chi connectivity index (χ3n) is 5.13. The van der Waals surface area contributed by atoms with E-state index in [2.05, 4.69) is 15.0 Å². The molecule has 4 rings (SSSR count). The molecule has 0 radical (unpaired) electrons. The molecular weight excluding hydrogens is 385 g/mol. The van der Waals surface area contributed by atoms with Gasteiger partial charge in [0.1, 0.15) is 5.69 Å². The van der Waals surface area contributed by atoms with Gasteiger partial charge in [0, 0.05) is 37.0 Å². The lowest BCUT2D eigenvalue weighted by Crippen LogP contribution is -2.39. The maximum Gasteiger partial charge on any atom is 0.433 e. The normalized spacial score (nSPS) is 17.5. The van der Waals surface area contributed by atoms with Gasteiger partial charge in [-0.2, -0.15) is 13.2 Å². The largest absolute Gasteiger partial charge is 0.481 e. The fourth-order valence-electron chi connectivity index (χ4n) is 3.63. The molecule has 0 aliphatic carbocycles. The lowest BCUT2D eigenvalue weighted by molar-refractivity contribution is -0.140. The molecule has 0 spiro atoms. The predicted octanol–water partition coefficient (Wildman–Crippen LogP) is 4.01. The highest BCUT2D eigenvalue weighted by Gasteiger charge is 2.33. The van der Waals surface area contributed by atoms with E-state index in [1.165, 1.54) is 19.4 Å². The van der Waals surface area contributed by atoms with Gasteiger partial charge in [-0.25, -0.2) is 9.97 Å². The Morgan fingerprint density at radius 3 is 2.79 bits per heavy atom. The highest BCUT2D eigenvalue weighted by Crippen LogP contribution is 2.32. The van der Waals surface area contributed by atoms with Gasteiger partial charge in [0.25, 0.3) is 5.91 Å². The average Bonchev–Trinajstić information content (AvgIpc) is 3.16. The first-order chi connectivity index (χ1) is 13.8. The number of hydrogen-bond donors (Lipinski definition) is 1.